The van der Waals surface area contributed by atoms with Gasteiger partial charge in [-0.25, -0.2) is 4.79 Å². The number of hydrogen-bond donors (Lipinski definition) is 2. The van der Waals surface area contributed by atoms with Crippen molar-refractivity contribution in [1.29, 1.82) is 0 Å². The van der Waals surface area contributed by atoms with Gasteiger partial charge in [-0.05, 0) is 44.0 Å². The summed E-state index contributed by atoms with van der Waals surface area (Å²) >= 11 is 0. The molecule has 1 atom stereocenters. The average molecular weight is 412 g/mol. The number of carbonyl (C=O) groups excluding carboxylic acids is 3. The average Bonchev–Trinajstić information content (AvgIpc) is 3.37. The molecule has 2 aromatic rings. The van der Waals surface area contributed by atoms with Crippen LogP contribution in [-0.2, 0) is 16.0 Å². The number of nitrogens with zero attached hydrogens (tertiary/aromatic N) is 1. The first-order chi connectivity index (χ1) is 14.4. The lowest BCUT2D eigenvalue weighted by molar-refractivity contribution is -0.120. The van der Waals surface area contributed by atoms with E-state index in [0.29, 0.717) is 23.5 Å². The minimum absolute atomic E-state index is 0.0277. The fraction of sp³-hybridized carbons (Fsp3) is 0.435. The van der Waals surface area contributed by atoms with Gasteiger partial charge in [0.05, 0.1) is 30.8 Å². The van der Waals surface area contributed by atoms with Crippen molar-refractivity contribution in [3.63, 3.8) is 0 Å². The van der Waals surface area contributed by atoms with E-state index in [2.05, 4.69) is 27.3 Å². The summed E-state index contributed by atoms with van der Waals surface area (Å²) in [5, 5.41) is 3.01. The Morgan fingerprint density at radius 3 is 2.43 bits per heavy atom. The zero-order valence-corrected chi connectivity index (χ0v) is 17.8. The minimum Gasteiger partial charge on any atom is -0.465 e. The van der Waals surface area contributed by atoms with Crippen LogP contribution in [0.15, 0.2) is 30.3 Å². The van der Waals surface area contributed by atoms with E-state index in [1.165, 1.54) is 19.6 Å². The molecule has 7 nitrogen and oxygen atoms in total. The van der Waals surface area contributed by atoms with Gasteiger partial charge in [-0.2, -0.15) is 0 Å². The number of Topliss-reactive ketones (excluding diaryl/α,β-unsaturated/α-hetero) is 1. The van der Waals surface area contributed by atoms with Crippen LogP contribution >= 0.6 is 0 Å². The van der Waals surface area contributed by atoms with Crippen molar-refractivity contribution in [2.45, 2.75) is 39.2 Å². The van der Waals surface area contributed by atoms with Gasteiger partial charge in [-0.3, -0.25) is 14.5 Å². The highest BCUT2D eigenvalue weighted by Gasteiger charge is 2.26. The van der Waals surface area contributed by atoms with Crippen molar-refractivity contribution in [2.24, 2.45) is 0 Å². The number of benzene rings is 1. The van der Waals surface area contributed by atoms with Crippen molar-refractivity contribution >= 4 is 17.7 Å². The summed E-state index contributed by atoms with van der Waals surface area (Å²) in [6, 6.07) is 10.3. The van der Waals surface area contributed by atoms with Gasteiger partial charge in [0.1, 0.15) is 0 Å². The molecule has 0 aliphatic carbocycles. The lowest BCUT2D eigenvalue weighted by Gasteiger charge is -2.28. The number of aromatic amines is 1. The summed E-state index contributed by atoms with van der Waals surface area (Å²) in [6.45, 7) is 5.61. The molecule has 30 heavy (non-hydrogen) atoms. The molecule has 0 bridgehead atoms. The number of methoxy groups -OCH3 is 1. The fourth-order valence-corrected chi connectivity index (χ4v) is 4.14. The molecule has 2 heterocycles. The van der Waals surface area contributed by atoms with E-state index in [-0.39, 0.29) is 29.7 Å². The molecule has 0 spiro atoms. The van der Waals surface area contributed by atoms with Gasteiger partial charge >= 0.3 is 5.97 Å². The summed E-state index contributed by atoms with van der Waals surface area (Å²) < 4.78 is 4.85. The number of H-pyrrole nitrogens is 1. The number of esters is 1. The van der Waals surface area contributed by atoms with Crippen LogP contribution in [0.3, 0.4) is 0 Å². The second kappa shape index (κ2) is 9.71. The van der Waals surface area contributed by atoms with Crippen LogP contribution in [0.5, 0.6) is 0 Å². The Balaban J connectivity index is 1.74. The van der Waals surface area contributed by atoms with E-state index in [1.807, 2.05) is 18.2 Å². The van der Waals surface area contributed by atoms with Crippen molar-refractivity contribution in [3.8, 4) is 0 Å². The monoisotopic (exact) mass is 411 g/mol. The molecule has 160 valence electrons. The Hall–Kier alpha value is -2.93. The number of hydrogen-bond acceptors (Lipinski definition) is 5. The summed E-state index contributed by atoms with van der Waals surface area (Å²) in [4.78, 5) is 42.1. The second-order valence-electron chi connectivity index (χ2n) is 7.68. The van der Waals surface area contributed by atoms with E-state index in [9.17, 15) is 14.4 Å². The zero-order chi connectivity index (χ0) is 21.7. The number of amides is 1. The fourth-order valence-electron chi connectivity index (χ4n) is 4.14. The van der Waals surface area contributed by atoms with E-state index < -0.39 is 5.97 Å². The Morgan fingerprint density at radius 1 is 1.17 bits per heavy atom. The molecule has 1 aliphatic heterocycles. The normalized spacial score (nSPS) is 15.0. The number of ether oxygens (including phenoxy) is 1. The van der Waals surface area contributed by atoms with E-state index in [4.69, 9.17) is 4.74 Å². The molecular weight excluding hydrogens is 382 g/mol. The molecule has 7 heteroatoms. The third-order valence-corrected chi connectivity index (χ3v) is 5.66. The summed E-state index contributed by atoms with van der Waals surface area (Å²) in [7, 11) is 1.28. The van der Waals surface area contributed by atoms with Gasteiger partial charge in [0, 0.05) is 19.2 Å². The number of ketones is 1. The predicted molar refractivity (Wildman–Crippen MR) is 114 cm³/mol. The molecule has 2 N–H and O–H groups in total. The molecular formula is C23H29N3O4. The third-order valence-electron chi connectivity index (χ3n) is 5.66. The summed E-state index contributed by atoms with van der Waals surface area (Å²) in [5.41, 5.74) is 2.68. The van der Waals surface area contributed by atoms with Crippen molar-refractivity contribution in [1.82, 2.24) is 15.2 Å². The molecule has 0 radical (unpaired) electrons. The molecule has 1 fully saturated rings. The van der Waals surface area contributed by atoms with Crippen LogP contribution in [0.25, 0.3) is 0 Å². The Labute approximate surface area is 176 Å². The van der Waals surface area contributed by atoms with Gasteiger partial charge in [0.2, 0.25) is 5.91 Å². The highest BCUT2D eigenvalue weighted by Crippen LogP contribution is 2.25. The Bertz CT molecular complexity index is 914. The number of aromatic nitrogens is 1. The van der Waals surface area contributed by atoms with Crippen molar-refractivity contribution in [2.75, 3.05) is 26.7 Å². The first-order valence-electron chi connectivity index (χ1n) is 10.3. The summed E-state index contributed by atoms with van der Waals surface area (Å²) in [6.07, 6.45) is 2.30. The lowest BCUT2D eigenvalue weighted by Crippen LogP contribution is -2.37. The first-order valence-corrected chi connectivity index (χ1v) is 10.3. The number of rotatable bonds is 8. The molecule has 1 aliphatic rings. The maximum absolute atomic E-state index is 12.7. The standard InChI is InChI=1S/C23H29N3O4/c1-15-21(23(29)30-3)18(25-22(15)16(2)27)13-20(28)24-14-19(26-11-7-8-12-26)17-9-5-4-6-10-17/h4-6,9-10,19,25H,7-8,11-14H2,1-3H3,(H,24,28). The SMILES string of the molecule is COC(=O)c1c(CC(=O)NCC(c2ccccc2)N2CCCC2)[nH]c(C(C)=O)c1C. The zero-order valence-electron chi connectivity index (χ0n) is 17.8. The Morgan fingerprint density at radius 2 is 1.83 bits per heavy atom. The van der Waals surface area contributed by atoms with Crippen LogP contribution in [0.1, 0.15) is 63.5 Å². The van der Waals surface area contributed by atoms with Crippen LogP contribution in [0.4, 0.5) is 0 Å². The maximum Gasteiger partial charge on any atom is 0.339 e. The molecule has 1 aromatic carbocycles. The molecule has 1 aromatic heterocycles. The predicted octanol–water partition coefficient (Wildman–Crippen LogP) is 2.81. The van der Waals surface area contributed by atoms with Crippen LogP contribution in [-0.4, -0.2) is 54.3 Å². The lowest BCUT2D eigenvalue weighted by atomic mass is 10.0. The van der Waals surface area contributed by atoms with Gasteiger partial charge in [0.15, 0.2) is 5.78 Å². The molecule has 1 amide bonds. The molecule has 1 saturated heterocycles. The van der Waals surface area contributed by atoms with Gasteiger partial charge < -0.3 is 15.0 Å². The van der Waals surface area contributed by atoms with E-state index in [0.717, 1.165) is 25.9 Å². The van der Waals surface area contributed by atoms with E-state index >= 15 is 0 Å². The Kier molecular flexibility index (Phi) is 7.05. The number of likely N-dealkylation sites (tertiary alicyclic amines) is 1. The van der Waals surface area contributed by atoms with Crippen LogP contribution < -0.4 is 5.32 Å². The smallest absolute Gasteiger partial charge is 0.339 e. The topological polar surface area (TPSA) is 91.5 Å². The third kappa shape index (κ3) is 4.79. The highest BCUT2D eigenvalue weighted by molar-refractivity contribution is 6.01. The maximum atomic E-state index is 12.7. The van der Waals surface area contributed by atoms with Crippen LogP contribution in [0.2, 0.25) is 0 Å². The highest BCUT2D eigenvalue weighted by atomic mass is 16.5. The minimum atomic E-state index is -0.557. The van der Waals surface area contributed by atoms with Gasteiger partial charge in [-0.1, -0.05) is 30.3 Å². The molecule has 3 rings (SSSR count). The van der Waals surface area contributed by atoms with Crippen LogP contribution in [0, 0.1) is 6.92 Å². The molecule has 0 saturated carbocycles. The second-order valence-corrected chi connectivity index (χ2v) is 7.68. The number of carbonyl (C=O) groups is 3. The van der Waals surface area contributed by atoms with Crippen molar-refractivity contribution in [3.05, 3.63) is 58.4 Å². The van der Waals surface area contributed by atoms with E-state index in [1.54, 1.807) is 6.92 Å². The summed E-state index contributed by atoms with van der Waals surface area (Å²) in [5.74, 6) is -0.961. The quantitative estimate of drug-likeness (QED) is 0.515. The van der Waals surface area contributed by atoms with Crippen molar-refractivity contribution < 1.29 is 19.1 Å². The van der Waals surface area contributed by atoms with Gasteiger partial charge in [-0.15, -0.1) is 0 Å². The largest absolute Gasteiger partial charge is 0.465 e. The number of nitrogens with one attached hydrogen (secondary N) is 2. The van der Waals surface area contributed by atoms with Gasteiger partial charge in [0.25, 0.3) is 0 Å². The first kappa shape index (κ1) is 21.8. The molecule has 1 unspecified atom stereocenters.